The predicted molar refractivity (Wildman–Crippen MR) is 130 cm³/mol. The zero-order chi connectivity index (χ0) is 22.9. The summed E-state index contributed by atoms with van der Waals surface area (Å²) in [5.41, 5.74) is 2.40. The van der Waals surface area contributed by atoms with Gasteiger partial charge in [-0.1, -0.05) is 17.7 Å². The maximum atomic E-state index is 13.4. The van der Waals surface area contributed by atoms with Gasteiger partial charge in [-0.25, -0.2) is 4.39 Å². The number of hydrogen-bond donors (Lipinski definition) is 1. The molecule has 3 heterocycles. The topological polar surface area (TPSA) is 50.5 Å². The van der Waals surface area contributed by atoms with E-state index in [1.807, 2.05) is 47.4 Å². The Hall–Kier alpha value is -3.42. The highest BCUT2D eigenvalue weighted by molar-refractivity contribution is 7.80. The van der Waals surface area contributed by atoms with E-state index in [4.69, 9.17) is 33.0 Å². The van der Waals surface area contributed by atoms with Gasteiger partial charge in [-0.2, -0.15) is 0 Å². The molecular weight excluding hydrogens is 461 g/mol. The molecule has 5 nitrogen and oxygen atoms in total. The smallest absolute Gasteiger partial charge is 0.174 e. The van der Waals surface area contributed by atoms with E-state index in [2.05, 4.69) is 10.3 Å². The third-order valence-electron chi connectivity index (χ3n) is 5.56. The van der Waals surface area contributed by atoms with Crippen LogP contribution in [-0.4, -0.2) is 17.2 Å². The normalized spacial score (nSPS) is 17.8. The molecule has 8 heteroatoms. The van der Waals surface area contributed by atoms with Gasteiger partial charge in [-0.15, -0.1) is 0 Å². The molecule has 1 fully saturated rings. The van der Waals surface area contributed by atoms with Crippen LogP contribution in [0.15, 0.2) is 83.4 Å². The summed E-state index contributed by atoms with van der Waals surface area (Å²) in [5, 5.41) is 4.38. The van der Waals surface area contributed by atoms with Crippen LogP contribution in [0.25, 0.3) is 11.3 Å². The Bertz CT molecular complexity index is 1300. The summed E-state index contributed by atoms with van der Waals surface area (Å²) in [5.74, 6) is 1.60. The van der Waals surface area contributed by atoms with E-state index in [-0.39, 0.29) is 17.9 Å². The van der Waals surface area contributed by atoms with Crippen molar-refractivity contribution < 1.29 is 13.5 Å². The Morgan fingerprint density at radius 1 is 1.09 bits per heavy atom. The summed E-state index contributed by atoms with van der Waals surface area (Å²) < 4.78 is 24.9. The van der Waals surface area contributed by atoms with Gasteiger partial charge >= 0.3 is 0 Å². The highest BCUT2D eigenvalue weighted by Gasteiger charge is 2.42. The van der Waals surface area contributed by atoms with E-state index >= 15 is 0 Å². The molecule has 1 aliphatic heterocycles. The molecule has 1 aliphatic rings. The molecule has 0 spiro atoms. The van der Waals surface area contributed by atoms with Gasteiger partial charge in [0.05, 0.1) is 23.9 Å². The fourth-order valence-corrected chi connectivity index (χ4v) is 4.61. The lowest BCUT2D eigenvalue weighted by Crippen LogP contribution is -2.29. The molecule has 0 amide bonds. The van der Waals surface area contributed by atoms with Crippen molar-refractivity contribution in [3.63, 3.8) is 0 Å². The molecule has 1 N–H and O–H groups in total. The third-order valence-corrected chi connectivity index (χ3v) is 6.17. The van der Waals surface area contributed by atoms with Gasteiger partial charge in [0, 0.05) is 17.4 Å². The zero-order valence-corrected chi connectivity index (χ0v) is 19.1. The average molecular weight is 480 g/mol. The SMILES string of the molecule is COc1ccc(N2C(=S)NC(c3ccccn3)C2c2ccc(-c3ccc(F)cc3)o2)cc1Cl. The molecule has 2 atom stereocenters. The van der Waals surface area contributed by atoms with E-state index in [0.717, 1.165) is 16.9 Å². The predicted octanol–water partition coefficient (Wildman–Crippen LogP) is 6.32. The lowest BCUT2D eigenvalue weighted by molar-refractivity contribution is 0.415. The van der Waals surface area contributed by atoms with E-state index < -0.39 is 0 Å². The van der Waals surface area contributed by atoms with Crippen molar-refractivity contribution in [2.24, 2.45) is 0 Å². The number of methoxy groups -OCH3 is 1. The number of nitrogens with one attached hydrogen (secondary N) is 1. The van der Waals surface area contributed by atoms with Crippen molar-refractivity contribution >= 4 is 34.6 Å². The summed E-state index contributed by atoms with van der Waals surface area (Å²) >= 11 is 12.1. The minimum atomic E-state index is -0.328. The zero-order valence-electron chi connectivity index (χ0n) is 17.5. The summed E-state index contributed by atoms with van der Waals surface area (Å²) in [6.07, 6.45) is 1.75. The number of aromatic nitrogens is 1. The van der Waals surface area contributed by atoms with Crippen LogP contribution >= 0.6 is 23.8 Å². The van der Waals surface area contributed by atoms with Crippen molar-refractivity contribution in [3.8, 4) is 17.1 Å². The third kappa shape index (κ3) is 4.05. The molecule has 2 aromatic carbocycles. The number of hydrogen-bond acceptors (Lipinski definition) is 4. The molecule has 4 aromatic rings. The number of furan rings is 1. The number of halogens is 2. The highest BCUT2D eigenvalue weighted by Crippen LogP contribution is 2.44. The van der Waals surface area contributed by atoms with Gasteiger partial charge in [0.25, 0.3) is 0 Å². The van der Waals surface area contributed by atoms with Crippen LogP contribution in [0, 0.1) is 5.82 Å². The van der Waals surface area contributed by atoms with E-state index in [1.165, 1.54) is 12.1 Å². The molecule has 166 valence electrons. The minimum absolute atomic E-state index is 0.258. The molecule has 0 saturated carbocycles. The molecular formula is C25H19ClFN3O2S. The van der Waals surface area contributed by atoms with Crippen LogP contribution in [-0.2, 0) is 0 Å². The largest absolute Gasteiger partial charge is 0.495 e. The molecule has 0 aliphatic carbocycles. The first-order valence-electron chi connectivity index (χ1n) is 10.2. The number of thiocarbonyl (C=S) groups is 1. The van der Waals surface area contributed by atoms with Gasteiger partial charge in [0.2, 0.25) is 0 Å². The summed E-state index contributed by atoms with van der Waals surface area (Å²) in [7, 11) is 1.57. The molecule has 5 rings (SSSR count). The van der Waals surface area contributed by atoms with Crippen molar-refractivity contribution in [2.75, 3.05) is 12.0 Å². The second-order valence-electron chi connectivity index (χ2n) is 7.52. The first kappa shape index (κ1) is 21.4. The van der Waals surface area contributed by atoms with Crippen molar-refractivity contribution in [1.82, 2.24) is 10.3 Å². The average Bonchev–Trinajstić information content (AvgIpc) is 3.44. The number of pyridine rings is 1. The second kappa shape index (κ2) is 8.84. The van der Waals surface area contributed by atoms with Crippen LogP contribution in [0.4, 0.5) is 10.1 Å². The Balaban J connectivity index is 1.59. The van der Waals surface area contributed by atoms with E-state index in [9.17, 15) is 4.39 Å². The fraction of sp³-hybridized carbons (Fsp3) is 0.120. The quantitative estimate of drug-likeness (QED) is 0.338. The lowest BCUT2D eigenvalue weighted by Gasteiger charge is -2.26. The lowest BCUT2D eigenvalue weighted by atomic mass is 10.0. The Kier molecular flexibility index (Phi) is 5.74. The summed E-state index contributed by atoms with van der Waals surface area (Å²) in [6.45, 7) is 0. The van der Waals surface area contributed by atoms with Crippen LogP contribution in [0.3, 0.4) is 0 Å². The summed E-state index contributed by atoms with van der Waals surface area (Å²) in [4.78, 5) is 6.51. The van der Waals surface area contributed by atoms with Gasteiger partial charge in [0.15, 0.2) is 5.11 Å². The minimum Gasteiger partial charge on any atom is -0.495 e. The Morgan fingerprint density at radius 3 is 2.61 bits per heavy atom. The molecule has 33 heavy (non-hydrogen) atoms. The van der Waals surface area contributed by atoms with Crippen LogP contribution in [0.2, 0.25) is 5.02 Å². The first-order valence-corrected chi connectivity index (χ1v) is 11.0. The van der Waals surface area contributed by atoms with Crippen LogP contribution < -0.4 is 15.0 Å². The Morgan fingerprint density at radius 2 is 1.91 bits per heavy atom. The second-order valence-corrected chi connectivity index (χ2v) is 8.32. The van der Waals surface area contributed by atoms with E-state index in [0.29, 0.717) is 27.4 Å². The number of ether oxygens (including phenoxy) is 1. The molecule has 2 unspecified atom stereocenters. The van der Waals surface area contributed by atoms with Crippen molar-refractivity contribution in [3.05, 3.63) is 101 Å². The number of anilines is 1. The number of nitrogens with zero attached hydrogens (tertiary/aromatic N) is 2. The molecule has 2 aromatic heterocycles. The summed E-state index contributed by atoms with van der Waals surface area (Å²) in [6, 6.07) is 20.7. The van der Waals surface area contributed by atoms with Gasteiger partial charge in [0.1, 0.15) is 29.1 Å². The molecule has 0 bridgehead atoms. The monoisotopic (exact) mass is 479 g/mol. The highest BCUT2D eigenvalue weighted by atomic mass is 35.5. The number of rotatable bonds is 5. The molecule has 1 saturated heterocycles. The van der Waals surface area contributed by atoms with Gasteiger partial charge in [-0.05, 0) is 78.9 Å². The van der Waals surface area contributed by atoms with E-state index in [1.54, 1.807) is 31.5 Å². The van der Waals surface area contributed by atoms with Gasteiger partial charge in [-0.3, -0.25) is 4.98 Å². The van der Waals surface area contributed by atoms with Crippen molar-refractivity contribution in [1.29, 1.82) is 0 Å². The maximum absolute atomic E-state index is 13.4. The number of benzene rings is 2. The fourth-order valence-electron chi connectivity index (χ4n) is 4.01. The standard InChI is InChI=1S/C25H19ClFN3O2S/c1-31-21-10-9-17(14-18(21)26)30-24(23(29-25(30)33)19-4-2-3-13-28-19)22-12-11-20(32-22)15-5-7-16(27)8-6-15/h2-14,23-24H,1H3,(H,29,33). The van der Waals surface area contributed by atoms with Crippen LogP contribution in [0.5, 0.6) is 5.75 Å². The van der Waals surface area contributed by atoms with Gasteiger partial charge < -0.3 is 19.4 Å². The first-order chi connectivity index (χ1) is 16.0. The van der Waals surface area contributed by atoms with Crippen LogP contribution in [0.1, 0.15) is 23.5 Å². The molecule has 0 radical (unpaired) electrons. The Labute approximate surface area is 200 Å². The maximum Gasteiger partial charge on any atom is 0.174 e. The van der Waals surface area contributed by atoms with Crippen molar-refractivity contribution in [2.45, 2.75) is 12.1 Å².